The van der Waals surface area contributed by atoms with Crippen LogP contribution in [0.15, 0.2) is 24.1 Å². The van der Waals surface area contributed by atoms with Crippen molar-refractivity contribution in [2.24, 2.45) is 0 Å². The van der Waals surface area contributed by atoms with Crippen LogP contribution < -0.4 is 5.46 Å². The lowest BCUT2D eigenvalue weighted by molar-refractivity contribution is 0.315. The highest BCUT2D eigenvalue weighted by molar-refractivity contribution is 6.57. The van der Waals surface area contributed by atoms with Crippen molar-refractivity contribution in [2.75, 3.05) is 0 Å². The molecule has 0 bridgehead atoms. The minimum atomic E-state index is -2.50. The van der Waals surface area contributed by atoms with E-state index in [-0.39, 0.29) is 0 Å². The lowest BCUT2D eigenvalue weighted by Crippen LogP contribution is -2.42. The molecule has 1 atom stereocenters. The Bertz CT molecular complexity index is 593. The minimum absolute atomic E-state index is 0.413. The summed E-state index contributed by atoms with van der Waals surface area (Å²) in [5.41, 5.74) is -4.32. The van der Waals surface area contributed by atoms with E-state index in [0.29, 0.717) is 7.28 Å². The number of halogens is 6. The second-order valence-electron chi connectivity index (χ2n) is 4.52. The van der Waals surface area contributed by atoms with Crippen LogP contribution in [-0.2, 0) is 0 Å². The van der Waals surface area contributed by atoms with Crippen LogP contribution in [0.5, 0.6) is 0 Å². The second kappa shape index (κ2) is 5.03. The molecule has 0 spiro atoms. The van der Waals surface area contributed by atoms with Gasteiger partial charge in [0, 0.05) is 12.0 Å². The monoisotopic (exact) mass is 289 g/mol. The Labute approximate surface area is 112 Å². The summed E-state index contributed by atoms with van der Waals surface area (Å²) in [6.45, 7) is 0.895. The van der Waals surface area contributed by atoms with Crippen LogP contribution in [0, 0.1) is 30.2 Å². The molecular formula is C13H8BF6. The van der Waals surface area contributed by atoms with Crippen molar-refractivity contribution in [3.05, 3.63) is 52.9 Å². The maximum absolute atomic E-state index is 14.3. The Morgan fingerprint density at radius 3 is 2.25 bits per heavy atom. The maximum atomic E-state index is 14.3. The molecule has 1 aromatic rings. The lowest BCUT2D eigenvalue weighted by atomic mass is 9.54. The molecule has 1 unspecified atom stereocenters. The van der Waals surface area contributed by atoms with Crippen molar-refractivity contribution in [3.63, 3.8) is 0 Å². The molecule has 0 aromatic heterocycles. The molecule has 0 saturated carbocycles. The molecule has 0 nitrogen and oxygen atoms in total. The van der Waals surface area contributed by atoms with E-state index in [1.54, 1.807) is 0 Å². The Morgan fingerprint density at radius 1 is 1.00 bits per heavy atom. The largest absolute Gasteiger partial charge is 0.249 e. The van der Waals surface area contributed by atoms with Crippen LogP contribution >= 0.6 is 0 Å². The zero-order valence-corrected chi connectivity index (χ0v) is 10.3. The Hall–Kier alpha value is -1.66. The van der Waals surface area contributed by atoms with Gasteiger partial charge in [0.2, 0.25) is 7.28 Å². The highest BCUT2D eigenvalue weighted by atomic mass is 19.2. The second-order valence-corrected chi connectivity index (χ2v) is 4.52. The van der Waals surface area contributed by atoms with Crippen molar-refractivity contribution in [2.45, 2.75) is 18.9 Å². The number of allylic oxidation sites excluding steroid dienone is 4. The van der Waals surface area contributed by atoms with Crippen LogP contribution in [-0.4, -0.2) is 12.8 Å². The van der Waals surface area contributed by atoms with Gasteiger partial charge in [0.1, 0.15) is 17.2 Å². The average molecular weight is 289 g/mol. The molecule has 1 radical (unpaired) electrons. The fourth-order valence-electron chi connectivity index (χ4n) is 1.93. The van der Waals surface area contributed by atoms with E-state index in [9.17, 15) is 26.3 Å². The first-order valence-corrected chi connectivity index (χ1v) is 5.66. The predicted molar refractivity (Wildman–Crippen MR) is 63.2 cm³/mol. The molecule has 1 aromatic carbocycles. The molecule has 0 heterocycles. The van der Waals surface area contributed by atoms with Gasteiger partial charge in [-0.2, -0.15) is 0 Å². The van der Waals surface area contributed by atoms with Crippen LogP contribution in [0.2, 0.25) is 0 Å². The van der Waals surface area contributed by atoms with Crippen molar-refractivity contribution >= 4 is 12.7 Å². The van der Waals surface area contributed by atoms with Gasteiger partial charge < -0.3 is 0 Å². The summed E-state index contributed by atoms with van der Waals surface area (Å²) in [7, 11) is 0.413. The van der Waals surface area contributed by atoms with Crippen molar-refractivity contribution in [1.82, 2.24) is 0 Å². The molecule has 1 aliphatic rings. The minimum Gasteiger partial charge on any atom is -0.249 e. The number of alkyl halides is 1. The van der Waals surface area contributed by atoms with E-state index >= 15 is 0 Å². The fourth-order valence-corrected chi connectivity index (χ4v) is 1.93. The third-order valence-corrected chi connectivity index (χ3v) is 2.99. The van der Waals surface area contributed by atoms with Crippen molar-refractivity contribution in [1.29, 1.82) is 0 Å². The first-order chi connectivity index (χ1) is 9.25. The molecule has 20 heavy (non-hydrogen) atoms. The summed E-state index contributed by atoms with van der Waals surface area (Å²) in [6.07, 6.45) is 2.15. The van der Waals surface area contributed by atoms with E-state index in [4.69, 9.17) is 0 Å². The fraction of sp³-hybridized carbons (Fsp3) is 0.231. The molecule has 0 fully saturated rings. The number of benzene rings is 1. The van der Waals surface area contributed by atoms with Gasteiger partial charge in [0.25, 0.3) is 0 Å². The van der Waals surface area contributed by atoms with Gasteiger partial charge in [-0.25, -0.2) is 26.3 Å². The summed E-state index contributed by atoms with van der Waals surface area (Å²) in [4.78, 5) is 0. The Kier molecular flexibility index (Phi) is 3.71. The smallest absolute Gasteiger partial charge is 0.215 e. The number of rotatable bonds is 2. The third kappa shape index (κ3) is 2.49. The van der Waals surface area contributed by atoms with Gasteiger partial charge in [-0.05, 0) is 18.5 Å². The molecule has 1 aliphatic carbocycles. The van der Waals surface area contributed by atoms with E-state index in [1.807, 2.05) is 0 Å². The zero-order valence-electron chi connectivity index (χ0n) is 10.3. The van der Waals surface area contributed by atoms with E-state index in [1.165, 1.54) is 0 Å². The number of hydrogen-bond acceptors (Lipinski definition) is 0. The SMILES string of the molecule is Cc1c(F)c(F)c(F)c([B]C2(F)C=CC=C(F)C2)c1F. The van der Waals surface area contributed by atoms with E-state index < -0.39 is 52.1 Å². The Balaban J connectivity index is 2.45. The average Bonchev–Trinajstić information content (AvgIpc) is 2.39. The summed E-state index contributed by atoms with van der Waals surface area (Å²) < 4.78 is 80.9. The summed E-state index contributed by atoms with van der Waals surface area (Å²) in [6, 6.07) is 0. The lowest BCUT2D eigenvalue weighted by Gasteiger charge is -2.23. The molecular weight excluding hydrogens is 281 g/mol. The van der Waals surface area contributed by atoms with Gasteiger partial charge in [-0.15, -0.1) is 0 Å². The molecule has 0 aliphatic heterocycles. The van der Waals surface area contributed by atoms with Gasteiger partial charge in [-0.3, -0.25) is 0 Å². The first-order valence-electron chi connectivity index (χ1n) is 5.66. The summed E-state index contributed by atoms with van der Waals surface area (Å²) in [5, 5.41) is 0. The quantitative estimate of drug-likeness (QED) is 0.339. The Morgan fingerprint density at radius 2 is 1.65 bits per heavy atom. The highest BCUT2D eigenvalue weighted by Crippen LogP contribution is 2.28. The van der Waals surface area contributed by atoms with Gasteiger partial charge >= 0.3 is 0 Å². The molecule has 2 rings (SSSR count). The standard InChI is InChI=1S/C13H8BF6/c1-6-9(16)8(11(18)12(19)10(6)17)14-13(20)4-2-3-7(15)5-13/h2-4H,5H2,1H3. The molecule has 105 valence electrons. The summed E-state index contributed by atoms with van der Waals surface area (Å²) >= 11 is 0. The third-order valence-electron chi connectivity index (χ3n) is 2.99. The zero-order chi connectivity index (χ0) is 15.1. The van der Waals surface area contributed by atoms with Crippen molar-refractivity contribution in [3.8, 4) is 0 Å². The van der Waals surface area contributed by atoms with Gasteiger partial charge in [0.15, 0.2) is 17.5 Å². The van der Waals surface area contributed by atoms with Crippen LogP contribution in [0.1, 0.15) is 12.0 Å². The van der Waals surface area contributed by atoms with Crippen molar-refractivity contribution < 1.29 is 26.3 Å². The van der Waals surface area contributed by atoms with Crippen LogP contribution in [0.4, 0.5) is 26.3 Å². The highest BCUT2D eigenvalue weighted by Gasteiger charge is 2.36. The van der Waals surface area contributed by atoms with Gasteiger partial charge in [0.05, 0.1) is 0 Å². The normalized spacial score (nSPS) is 21.9. The summed E-state index contributed by atoms with van der Waals surface area (Å²) in [5.74, 6) is -7.65. The first kappa shape index (κ1) is 14.7. The van der Waals surface area contributed by atoms with Crippen LogP contribution in [0.25, 0.3) is 0 Å². The van der Waals surface area contributed by atoms with Gasteiger partial charge in [-0.1, -0.05) is 12.2 Å². The molecule has 7 heteroatoms. The topological polar surface area (TPSA) is 0 Å². The van der Waals surface area contributed by atoms with E-state index in [2.05, 4.69) is 0 Å². The van der Waals surface area contributed by atoms with Crippen LogP contribution in [0.3, 0.4) is 0 Å². The number of hydrogen-bond donors (Lipinski definition) is 0. The predicted octanol–water partition coefficient (Wildman–Crippen LogP) is 3.36. The maximum Gasteiger partial charge on any atom is 0.215 e. The molecule has 0 N–H and O–H groups in total. The molecule has 0 amide bonds. The molecule has 0 saturated heterocycles. The van der Waals surface area contributed by atoms with E-state index in [0.717, 1.165) is 25.2 Å².